The van der Waals surface area contributed by atoms with Gasteiger partial charge in [-0.15, -0.1) is 0 Å². The molecule has 0 bridgehead atoms. The van der Waals surface area contributed by atoms with E-state index >= 15 is 4.39 Å². The first-order valence-electron chi connectivity index (χ1n) is 12.8. The molecule has 0 radical (unpaired) electrons. The minimum Gasteiger partial charge on any atom is -0.394 e. The van der Waals surface area contributed by atoms with Gasteiger partial charge >= 0.3 is 14.5 Å². The zero-order chi connectivity index (χ0) is 33.3. The standard InChI is InChI=1S/C21H30FN5O15P2S/c1-3-19(37-2)17(32)20(22,40-18(19)27-7-26-11-14(23)24-6-25-15(11)27)5-38-44(36,45)42-43(34,35)41-16-10-13(31)12(30)9(8(29)4-28)21(10,33)39-16/h3,6-10,12-13,16-18,28-33H,1,4-5H2,2H3,(H,34,35)(H,36,45)(H2,23,24,25)/t8-,9?,10?,12?,13?,16?,17-,18+,19+,20+,21?,44?/m0/s1. The van der Waals surface area contributed by atoms with E-state index in [9.17, 15) is 45.0 Å². The van der Waals surface area contributed by atoms with Crippen molar-refractivity contribution in [3.05, 3.63) is 25.3 Å². The summed E-state index contributed by atoms with van der Waals surface area (Å²) in [6, 6.07) is 0. The SMILES string of the molecule is C=C[C@]1(OC)[C@H](n2cnc3c(N)ncnc32)O[C@](F)(COP(O)(=S)OP(=O)(O)OC2OC3(O)C2C(O)C(O)C3[C@@H](O)CO)[C@H]1O. The summed E-state index contributed by atoms with van der Waals surface area (Å²) in [6.45, 7) is -3.68. The Morgan fingerprint density at radius 3 is 2.58 bits per heavy atom. The van der Waals surface area contributed by atoms with Crippen LogP contribution in [0.2, 0.25) is 0 Å². The second kappa shape index (κ2) is 11.8. The van der Waals surface area contributed by atoms with Crippen molar-refractivity contribution in [3.8, 4) is 0 Å². The molecule has 20 nitrogen and oxygen atoms in total. The van der Waals surface area contributed by atoms with E-state index in [1.54, 1.807) is 0 Å². The molecule has 5 rings (SSSR count). The third-order valence-corrected chi connectivity index (χ3v) is 11.4. The number of nitrogens with zero attached hydrogens (tertiary/aromatic N) is 4. The van der Waals surface area contributed by atoms with E-state index in [-0.39, 0.29) is 17.0 Å². The molecular weight excluding hydrogens is 675 g/mol. The van der Waals surface area contributed by atoms with E-state index in [1.807, 2.05) is 0 Å². The minimum atomic E-state index is -5.51. The molecule has 13 atom stereocenters. The molecule has 0 spiro atoms. The summed E-state index contributed by atoms with van der Waals surface area (Å²) >= 11 is 4.72. The van der Waals surface area contributed by atoms with Crippen LogP contribution in [0.1, 0.15) is 6.23 Å². The van der Waals surface area contributed by atoms with Gasteiger partial charge in [-0.2, -0.15) is 0 Å². The normalized spacial score (nSPS) is 41.2. The quantitative estimate of drug-likeness (QED) is 0.0799. The minimum absolute atomic E-state index is 0.0132. The average Bonchev–Trinajstić information content (AvgIpc) is 3.53. The van der Waals surface area contributed by atoms with E-state index in [0.29, 0.717) is 0 Å². The van der Waals surface area contributed by atoms with Crippen LogP contribution >= 0.6 is 14.5 Å². The average molecular weight is 706 g/mol. The summed E-state index contributed by atoms with van der Waals surface area (Å²) in [5.41, 5.74) is 3.95. The summed E-state index contributed by atoms with van der Waals surface area (Å²) in [5.74, 6) is -9.00. The summed E-state index contributed by atoms with van der Waals surface area (Å²) in [4.78, 5) is 32.6. The number of aliphatic hydroxyl groups is 6. The number of halogens is 1. The number of hydrogen-bond donors (Lipinski definition) is 9. The monoisotopic (exact) mass is 705 g/mol. The fourth-order valence-corrected chi connectivity index (χ4v) is 8.84. The van der Waals surface area contributed by atoms with Crippen LogP contribution in [0.3, 0.4) is 0 Å². The van der Waals surface area contributed by atoms with Crippen molar-refractivity contribution in [2.75, 3.05) is 26.1 Å². The third-order valence-electron chi connectivity index (χ3n) is 7.95. The Bertz CT molecular complexity index is 1560. The van der Waals surface area contributed by atoms with Gasteiger partial charge in [-0.1, -0.05) is 12.7 Å². The molecule has 1 saturated carbocycles. The van der Waals surface area contributed by atoms with Crippen LogP contribution in [0, 0.1) is 11.8 Å². The summed E-state index contributed by atoms with van der Waals surface area (Å²) in [5, 5.41) is 61.2. The maximum Gasteiger partial charge on any atom is 0.481 e. The highest BCUT2D eigenvalue weighted by Gasteiger charge is 2.73. The Balaban J connectivity index is 1.29. The van der Waals surface area contributed by atoms with Crippen LogP contribution in [0.15, 0.2) is 25.3 Å². The molecule has 3 aliphatic rings. The fraction of sp³-hybridized carbons (Fsp3) is 0.667. The molecule has 8 unspecified atom stereocenters. The van der Waals surface area contributed by atoms with Gasteiger partial charge < -0.3 is 64.9 Å². The van der Waals surface area contributed by atoms with E-state index < -0.39 is 93.8 Å². The van der Waals surface area contributed by atoms with Gasteiger partial charge in [-0.25, -0.2) is 28.2 Å². The highest BCUT2D eigenvalue weighted by Crippen LogP contribution is 2.65. The molecule has 0 amide bonds. The first-order valence-corrected chi connectivity index (χ1v) is 16.9. The van der Waals surface area contributed by atoms with E-state index in [1.165, 1.54) is 4.57 Å². The summed E-state index contributed by atoms with van der Waals surface area (Å²) in [6.07, 6.45) is -7.91. The lowest BCUT2D eigenvalue weighted by molar-refractivity contribution is -0.427. The second-order valence-corrected chi connectivity index (χ2v) is 14.8. The van der Waals surface area contributed by atoms with Gasteiger partial charge in [0.25, 0.3) is 5.85 Å². The molecule has 2 aliphatic heterocycles. The van der Waals surface area contributed by atoms with Gasteiger partial charge in [0, 0.05) is 7.11 Å². The molecule has 45 heavy (non-hydrogen) atoms. The topological polar surface area (TPSA) is 304 Å². The van der Waals surface area contributed by atoms with Crippen molar-refractivity contribution < 1.29 is 77.0 Å². The largest absolute Gasteiger partial charge is 0.481 e. The summed E-state index contributed by atoms with van der Waals surface area (Å²) < 4.78 is 60.1. The molecule has 10 N–H and O–H groups in total. The predicted octanol–water partition coefficient (Wildman–Crippen LogP) is -2.73. The Morgan fingerprint density at radius 1 is 1.27 bits per heavy atom. The lowest BCUT2D eigenvalue weighted by Gasteiger charge is -2.49. The van der Waals surface area contributed by atoms with Crippen molar-refractivity contribution >= 4 is 43.3 Å². The fourth-order valence-electron chi connectivity index (χ4n) is 5.77. The van der Waals surface area contributed by atoms with Gasteiger partial charge in [-0.3, -0.25) is 9.09 Å². The Labute approximate surface area is 257 Å². The molecule has 4 heterocycles. The number of hydrogen-bond acceptors (Lipinski definition) is 18. The van der Waals surface area contributed by atoms with Crippen molar-refractivity contribution in [2.45, 2.75) is 54.2 Å². The van der Waals surface area contributed by atoms with Crippen LogP contribution in [0.25, 0.3) is 11.2 Å². The number of aromatic nitrogens is 4. The Hall–Kier alpha value is -1.66. The summed E-state index contributed by atoms with van der Waals surface area (Å²) in [7, 11) is -4.39. The first kappa shape index (κ1) is 34.7. The number of imidazole rings is 1. The maximum absolute atomic E-state index is 16.2. The van der Waals surface area contributed by atoms with Gasteiger partial charge in [-0.05, 0) is 11.8 Å². The number of nitrogen functional groups attached to an aromatic ring is 1. The second-order valence-electron chi connectivity index (χ2n) is 10.4. The van der Waals surface area contributed by atoms with Crippen molar-refractivity contribution in [1.82, 2.24) is 19.5 Å². The van der Waals surface area contributed by atoms with Crippen molar-refractivity contribution in [1.29, 1.82) is 0 Å². The van der Waals surface area contributed by atoms with Gasteiger partial charge in [0.05, 0.1) is 43.1 Å². The number of methoxy groups -OCH3 is 1. The highest BCUT2D eigenvalue weighted by molar-refractivity contribution is 8.08. The van der Waals surface area contributed by atoms with Crippen LogP contribution in [-0.2, 0) is 43.9 Å². The number of phosphoric acid groups is 1. The van der Waals surface area contributed by atoms with E-state index in [4.69, 9.17) is 40.8 Å². The maximum atomic E-state index is 16.2. The lowest BCUT2D eigenvalue weighted by Crippen LogP contribution is -2.64. The Morgan fingerprint density at radius 2 is 1.96 bits per heavy atom. The number of phosphoric ester groups is 1. The highest BCUT2D eigenvalue weighted by atomic mass is 32.5. The number of nitrogens with two attached hydrogens (primary N) is 1. The Kier molecular flexibility index (Phi) is 9.08. The number of anilines is 1. The van der Waals surface area contributed by atoms with Crippen LogP contribution in [0.4, 0.5) is 10.2 Å². The molecular formula is C21H30FN5O15P2S. The molecule has 2 saturated heterocycles. The van der Waals surface area contributed by atoms with Crippen LogP contribution < -0.4 is 5.73 Å². The zero-order valence-corrected chi connectivity index (χ0v) is 25.6. The third kappa shape index (κ3) is 5.56. The number of aliphatic hydroxyl groups excluding tert-OH is 5. The van der Waals surface area contributed by atoms with Crippen molar-refractivity contribution in [2.24, 2.45) is 11.8 Å². The number of fused-ring (bicyclic) bond motifs is 2. The molecule has 0 aromatic carbocycles. The van der Waals surface area contributed by atoms with E-state index in [2.05, 4.69) is 25.8 Å². The number of alkyl halides is 1. The molecule has 3 fully saturated rings. The van der Waals surface area contributed by atoms with Crippen LogP contribution in [-0.4, -0.2) is 128 Å². The molecule has 1 aliphatic carbocycles. The van der Waals surface area contributed by atoms with Gasteiger partial charge in [0.15, 0.2) is 41.5 Å². The first-order chi connectivity index (χ1) is 20.9. The molecule has 2 aromatic heterocycles. The molecule has 2 aromatic rings. The molecule has 252 valence electrons. The molecule has 24 heteroatoms. The number of ether oxygens (including phenoxy) is 3. The smallest absolute Gasteiger partial charge is 0.394 e. The zero-order valence-electron chi connectivity index (χ0n) is 23.0. The predicted molar refractivity (Wildman–Crippen MR) is 146 cm³/mol. The van der Waals surface area contributed by atoms with E-state index in [0.717, 1.165) is 25.8 Å². The van der Waals surface area contributed by atoms with Crippen LogP contribution in [0.5, 0.6) is 0 Å². The lowest BCUT2D eigenvalue weighted by atomic mass is 9.86. The van der Waals surface area contributed by atoms with Crippen molar-refractivity contribution in [3.63, 3.8) is 0 Å². The van der Waals surface area contributed by atoms with Gasteiger partial charge in [0.1, 0.15) is 18.5 Å². The van der Waals surface area contributed by atoms with Gasteiger partial charge in [0.2, 0.25) is 0 Å². The number of rotatable bonds is 12.